The van der Waals surface area contributed by atoms with Gasteiger partial charge in [0, 0.05) is 37.6 Å². The van der Waals surface area contributed by atoms with Crippen molar-refractivity contribution >= 4 is 11.4 Å². The summed E-state index contributed by atoms with van der Waals surface area (Å²) < 4.78 is 0. The highest BCUT2D eigenvalue weighted by atomic mass is 15.1. The lowest BCUT2D eigenvalue weighted by atomic mass is 9.98. The zero-order chi connectivity index (χ0) is 22.8. The molecule has 0 N–H and O–H groups in total. The van der Waals surface area contributed by atoms with E-state index < -0.39 is 0 Å². The number of para-hydroxylation sites is 2. The summed E-state index contributed by atoms with van der Waals surface area (Å²) in [5, 5.41) is 0. The predicted octanol–water partition coefficient (Wildman–Crippen LogP) is 6.95. The van der Waals surface area contributed by atoms with E-state index in [0.29, 0.717) is 0 Å². The largest absolute Gasteiger partial charge is 0.372 e. The Kier molecular flexibility index (Phi) is 9.22. The summed E-state index contributed by atoms with van der Waals surface area (Å²) in [6, 6.07) is 27.1. The summed E-state index contributed by atoms with van der Waals surface area (Å²) in [4.78, 5) is 4.91. The molecular formula is C30H40N2. The van der Waals surface area contributed by atoms with Crippen LogP contribution in [0, 0.1) is 0 Å². The van der Waals surface area contributed by atoms with Crippen LogP contribution in [0.15, 0.2) is 72.8 Å². The maximum Gasteiger partial charge on any atom is 0.0398 e. The highest BCUT2D eigenvalue weighted by Crippen LogP contribution is 2.24. The highest BCUT2D eigenvalue weighted by molar-refractivity contribution is 5.54. The lowest BCUT2D eigenvalue weighted by molar-refractivity contribution is 0.845. The molecule has 170 valence electrons. The van der Waals surface area contributed by atoms with Crippen LogP contribution in [-0.4, -0.2) is 26.2 Å². The van der Waals surface area contributed by atoms with Gasteiger partial charge in [0.2, 0.25) is 0 Å². The van der Waals surface area contributed by atoms with E-state index in [4.69, 9.17) is 0 Å². The van der Waals surface area contributed by atoms with Gasteiger partial charge in [-0.2, -0.15) is 0 Å². The molecule has 3 aromatic carbocycles. The molecule has 0 saturated heterocycles. The van der Waals surface area contributed by atoms with Gasteiger partial charge in [0.15, 0.2) is 0 Å². The summed E-state index contributed by atoms with van der Waals surface area (Å²) in [5.74, 6) is 0. The average molecular weight is 429 g/mol. The third-order valence-corrected chi connectivity index (χ3v) is 6.58. The van der Waals surface area contributed by atoms with Crippen LogP contribution < -0.4 is 9.80 Å². The fraction of sp³-hybridized carbons (Fsp3) is 0.400. The van der Waals surface area contributed by atoms with Gasteiger partial charge in [0.25, 0.3) is 0 Å². The molecule has 0 fully saturated rings. The highest BCUT2D eigenvalue weighted by Gasteiger charge is 2.09. The maximum absolute atomic E-state index is 2.45. The molecule has 0 saturated carbocycles. The fourth-order valence-electron chi connectivity index (χ4n) is 4.62. The van der Waals surface area contributed by atoms with Crippen LogP contribution in [0.5, 0.6) is 0 Å². The van der Waals surface area contributed by atoms with Crippen molar-refractivity contribution in [3.05, 3.63) is 95.1 Å². The minimum Gasteiger partial charge on any atom is -0.372 e. The molecular weight excluding hydrogens is 388 g/mol. The van der Waals surface area contributed by atoms with Gasteiger partial charge in [0.1, 0.15) is 0 Å². The van der Waals surface area contributed by atoms with Crippen LogP contribution in [0.3, 0.4) is 0 Å². The quantitative estimate of drug-likeness (QED) is 0.308. The summed E-state index contributed by atoms with van der Waals surface area (Å²) in [6.45, 7) is 13.2. The number of aryl methyl sites for hydroxylation is 4. The van der Waals surface area contributed by atoms with Crippen LogP contribution in [0.25, 0.3) is 0 Å². The van der Waals surface area contributed by atoms with Crippen molar-refractivity contribution in [3.8, 4) is 0 Å². The first-order valence-corrected chi connectivity index (χ1v) is 12.4. The standard InChI is InChI=1S/C30H40N2/c1-5-31(6-2)29-15-11-9-13-27(29)23-21-25-17-19-26(20-18-25)22-24-28-14-10-12-16-30(28)32(7-3)8-4/h9-20H,5-8,21-24H2,1-4H3. The van der Waals surface area contributed by atoms with E-state index in [1.165, 1.54) is 33.6 Å². The third-order valence-electron chi connectivity index (χ3n) is 6.58. The van der Waals surface area contributed by atoms with E-state index in [-0.39, 0.29) is 0 Å². The third kappa shape index (κ3) is 6.16. The summed E-state index contributed by atoms with van der Waals surface area (Å²) in [6.07, 6.45) is 4.35. The van der Waals surface area contributed by atoms with Crippen molar-refractivity contribution in [3.63, 3.8) is 0 Å². The Morgan fingerprint density at radius 3 is 1.12 bits per heavy atom. The Bertz CT molecular complexity index is 859. The Morgan fingerprint density at radius 1 is 0.438 bits per heavy atom. The summed E-state index contributed by atoms with van der Waals surface area (Å²) in [7, 11) is 0. The van der Waals surface area contributed by atoms with Crippen molar-refractivity contribution < 1.29 is 0 Å². The Hall–Kier alpha value is -2.74. The first kappa shape index (κ1) is 23.9. The molecule has 0 unspecified atom stereocenters. The first-order valence-electron chi connectivity index (χ1n) is 12.4. The minimum atomic E-state index is 1.06. The Balaban J connectivity index is 1.60. The lowest BCUT2D eigenvalue weighted by Gasteiger charge is -2.24. The van der Waals surface area contributed by atoms with Gasteiger partial charge < -0.3 is 9.80 Å². The van der Waals surface area contributed by atoms with Crippen molar-refractivity contribution in [1.82, 2.24) is 0 Å². The van der Waals surface area contributed by atoms with Gasteiger partial charge in [-0.3, -0.25) is 0 Å². The van der Waals surface area contributed by atoms with Crippen LogP contribution in [0.4, 0.5) is 11.4 Å². The molecule has 32 heavy (non-hydrogen) atoms. The molecule has 0 spiro atoms. The lowest BCUT2D eigenvalue weighted by Crippen LogP contribution is -2.23. The molecule has 0 bridgehead atoms. The van der Waals surface area contributed by atoms with Gasteiger partial charge >= 0.3 is 0 Å². The van der Waals surface area contributed by atoms with E-state index in [9.17, 15) is 0 Å². The van der Waals surface area contributed by atoms with Crippen molar-refractivity contribution in [2.75, 3.05) is 36.0 Å². The topological polar surface area (TPSA) is 6.48 Å². The SMILES string of the molecule is CCN(CC)c1ccccc1CCc1ccc(CCc2ccccc2N(CC)CC)cc1. The van der Waals surface area contributed by atoms with E-state index in [1.807, 2.05) is 0 Å². The smallest absolute Gasteiger partial charge is 0.0398 e. The molecule has 0 atom stereocenters. The second-order valence-electron chi connectivity index (χ2n) is 8.42. The molecule has 0 aliphatic heterocycles. The van der Waals surface area contributed by atoms with Crippen molar-refractivity contribution in [2.24, 2.45) is 0 Å². The molecule has 0 aliphatic carbocycles. The zero-order valence-corrected chi connectivity index (χ0v) is 20.5. The van der Waals surface area contributed by atoms with Gasteiger partial charge in [-0.25, -0.2) is 0 Å². The molecule has 3 aromatic rings. The van der Waals surface area contributed by atoms with E-state index in [1.54, 1.807) is 0 Å². The van der Waals surface area contributed by atoms with Crippen molar-refractivity contribution in [1.29, 1.82) is 0 Å². The summed E-state index contributed by atoms with van der Waals surface area (Å²) in [5.41, 5.74) is 8.53. The fourth-order valence-corrected chi connectivity index (χ4v) is 4.62. The molecule has 0 amide bonds. The molecule has 2 heteroatoms. The van der Waals surface area contributed by atoms with Gasteiger partial charge in [0.05, 0.1) is 0 Å². The normalized spacial score (nSPS) is 10.9. The monoisotopic (exact) mass is 428 g/mol. The first-order chi connectivity index (χ1) is 15.7. The summed E-state index contributed by atoms with van der Waals surface area (Å²) >= 11 is 0. The number of rotatable bonds is 12. The number of anilines is 2. The number of hydrogen-bond acceptors (Lipinski definition) is 2. The number of benzene rings is 3. The average Bonchev–Trinajstić information content (AvgIpc) is 2.85. The van der Waals surface area contributed by atoms with Crippen LogP contribution in [0.1, 0.15) is 49.9 Å². The molecule has 0 radical (unpaired) electrons. The van der Waals surface area contributed by atoms with Crippen LogP contribution >= 0.6 is 0 Å². The van der Waals surface area contributed by atoms with Gasteiger partial charge in [-0.1, -0.05) is 60.7 Å². The van der Waals surface area contributed by atoms with E-state index >= 15 is 0 Å². The maximum atomic E-state index is 2.45. The van der Waals surface area contributed by atoms with Gasteiger partial charge in [-0.05, 0) is 87.8 Å². The second kappa shape index (κ2) is 12.3. The van der Waals surface area contributed by atoms with E-state index in [0.717, 1.165) is 51.9 Å². The predicted molar refractivity (Wildman–Crippen MR) is 141 cm³/mol. The molecule has 0 aromatic heterocycles. The van der Waals surface area contributed by atoms with Crippen LogP contribution in [0.2, 0.25) is 0 Å². The Morgan fingerprint density at radius 2 is 0.781 bits per heavy atom. The number of nitrogens with zero attached hydrogens (tertiary/aromatic N) is 2. The molecule has 0 aliphatic rings. The zero-order valence-electron chi connectivity index (χ0n) is 20.5. The molecule has 3 rings (SSSR count). The molecule has 2 nitrogen and oxygen atoms in total. The van der Waals surface area contributed by atoms with E-state index in [2.05, 4.69) is 110 Å². The van der Waals surface area contributed by atoms with Crippen LogP contribution in [-0.2, 0) is 25.7 Å². The van der Waals surface area contributed by atoms with Crippen molar-refractivity contribution in [2.45, 2.75) is 53.4 Å². The minimum absolute atomic E-state index is 1.06. The Labute approximate surface area is 195 Å². The second-order valence-corrected chi connectivity index (χ2v) is 8.42. The number of hydrogen-bond donors (Lipinski definition) is 0. The van der Waals surface area contributed by atoms with Gasteiger partial charge in [-0.15, -0.1) is 0 Å². The molecule has 0 heterocycles.